The summed E-state index contributed by atoms with van der Waals surface area (Å²) < 4.78 is 25.2. The number of aromatic amines is 1. The highest BCUT2D eigenvalue weighted by molar-refractivity contribution is 7.89. The van der Waals surface area contributed by atoms with Crippen molar-refractivity contribution in [2.24, 2.45) is 5.73 Å². The second-order valence-corrected chi connectivity index (χ2v) is 5.24. The highest BCUT2D eigenvalue weighted by Crippen LogP contribution is 2.13. The van der Waals surface area contributed by atoms with Gasteiger partial charge in [-0.3, -0.25) is 10.5 Å². The van der Waals surface area contributed by atoms with Crippen LogP contribution in [-0.4, -0.2) is 41.8 Å². The van der Waals surface area contributed by atoms with Crippen molar-refractivity contribution in [2.45, 2.75) is 18.2 Å². The lowest BCUT2D eigenvalue weighted by Crippen LogP contribution is -2.38. The van der Waals surface area contributed by atoms with Gasteiger partial charge in [-0.05, 0) is 6.42 Å². The van der Waals surface area contributed by atoms with Crippen LogP contribution in [0.4, 0.5) is 0 Å². The molecule has 90 valence electrons. The Hall–Kier alpha value is -1.41. The Labute approximate surface area is 94.2 Å². The van der Waals surface area contributed by atoms with Gasteiger partial charge in [0.15, 0.2) is 0 Å². The van der Waals surface area contributed by atoms with E-state index >= 15 is 0 Å². The molecule has 4 N–H and O–H groups in total. The molecule has 0 unspecified atom stereocenters. The second-order valence-electron chi connectivity index (χ2n) is 3.30. The van der Waals surface area contributed by atoms with Crippen molar-refractivity contribution in [1.29, 1.82) is 5.41 Å². The van der Waals surface area contributed by atoms with Crippen LogP contribution >= 0.6 is 0 Å². The normalized spacial score (nSPS) is 11.9. The van der Waals surface area contributed by atoms with Gasteiger partial charge in [0.05, 0.1) is 12.7 Å². The molecule has 0 aromatic carbocycles. The lowest BCUT2D eigenvalue weighted by molar-refractivity contribution is 0.447. The number of rotatable bonds is 6. The summed E-state index contributed by atoms with van der Waals surface area (Å²) in [7, 11) is -3.60. The summed E-state index contributed by atoms with van der Waals surface area (Å²) in [4.78, 5) is 0.0854. The number of nitrogens with zero attached hydrogens (tertiary/aromatic N) is 2. The number of nitrogens with one attached hydrogen (secondary N) is 2. The molecule has 0 aliphatic heterocycles. The van der Waals surface area contributed by atoms with Gasteiger partial charge < -0.3 is 5.73 Å². The standard InChI is InChI=1S/C8H15N5O2S/c1-2-3-13(6-8(9)10)16(14,15)7-4-11-12-5-7/h4-5H,2-3,6H2,1H3,(H3,9,10)(H,11,12). The highest BCUT2D eigenvalue weighted by Gasteiger charge is 2.24. The molecule has 0 aliphatic rings. The molecule has 1 heterocycles. The van der Waals surface area contributed by atoms with Crippen LogP contribution in [0.5, 0.6) is 0 Å². The summed E-state index contributed by atoms with van der Waals surface area (Å²) in [5.74, 6) is -0.180. The second kappa shape index (κ2) is 5.08. The van der Waals surface area contributed by atoms with Crippen molar-refractivity contribution in [3.05, 3.63) is 12.4 Å². The van der Waals surface area contributed by atoms with Crippen molar-refractivity contribution in [2.75, 3.05) is 13.1 Å². The average Bonchev–Trinajstić information content (AvgIpc) is 2.69. The molecule has 0 saturated carbocycles. The summed E-state index contributed by atoms with van der Waals surface area (Å²) in [6.07, 6.45) is 3.20. The predicted molar refractivity (Wildman–Crippen MR) is 59.6 cm³/mol. The number of H-pyrrole nitrogens is 1. The molecular formula is C8H15N5O2S. The molecule has 16 heavy (non-hydrogen) atoms. The molecule has 8 heteroatoms. The van der Waals surface area contributed by atoms with E-state index in [2.05, 4.69) is 10.2 Å². The Balaban J connectivity index is 2.97. The monoisotopic (exact) mass is 245 g/mol. The van der Waals surface area contributed by atoms with Crippen LogP contribution in [0.25, 0.3) is 0 Å². The van der Waals surface area contributed by atoms with Gasteiger partial charge in [0.2, 0.25) is 10.0 Å². The van der Waals surface area contributed by atoms with Crippen molar-refractivity contribution in [3.8, 4) is 0 Å². The first kappa shape index (κ1) is 12.7. The van der Waals surface area contributed by atoms with Gasteiger partial charge in [0, 0.05) is 12.7 Å². The minimum absolute atomic E-state index is 0.0854. The average molecular weight is 245 g/mol. The third kappa shape index (κ3) is 2.80. The smallest absolute Gasteiger partial charge is 0.246 e. The Morgan fingerprint density at radius 1 is 1.69 bits per heavy atom. The fourth-order valence-corrected chi connectivity index (χ4v) is 2.67. The van der Waals surface area contributed by atoms with Gasteiger partial charge in [-0.15, -0.1) is 0 Å². The largest absolute Gasteiger partial charge is 0.387 e. The Morgan fingerprint density at radius 2 is 2.38 bits per heavy atom. The van der Waals surface area contributed by atoms with Crippen molar-refractivity contribution in [1.82, 2.24) is 14.5 Å². The van der Waals surface area contributed by atoms with E-state index in [0.717, 1.165) is 0 Å². The molecule has 1 rings (SSSR count). The Kier molecular flexibility index (Phi) is 4.02. The zero-order chi connectivity index (χ0) is 12.2. The van der Waals surface area contributed by atoms with Crippen LogP contribution in [-0.2, 0) is 10.0 Å². The van der Waals surface area contributed by atoms with E-state index in [1.54, 1.807) is 0 Å². The van der Waals surface area contributed by atoms with Gasteiger partial charge >= 0.3 is 0 Å². The van der Waals surface area contributed by atoms with Crippen LogP contribution in [0.15, 0.2) is 17.3 Å². The van der Waals surface area contributed by atoms with Gasteiger partial charge in [-0.2, -0.15) is 9.40 Å². The topological polar surface area (TPSA) is 116 Å². The number of hydrogen-bond donors (Lipinski definition) is 3. The maximum atomic E-state index is 12.0. The molecule has 7 nitrogen and oxygen atoms in total. The van der Waals surface area contributed by atoms with Crippen LogP contribution in [0.2, 0.25) is 0 Å². The molecule has 1 aromatic heterocycles. The molecule has 0 radical (unpaired) electrons. The van der Waals surface area contributed by atoms with Crippen LogP contribution < -0.4 is 5.73 Å². The van der Waals surface area contributed by atoms with E-state index < -0.39 is 10.0 Å². The first-order chi connectivity index (χ1) is 7.48. The highest BCUT2D eigenvalue weighted by atomic mass is 32.2. The molecule has 0 spiro atoms. The lowest BCUT2D eigenvalue weighted by Gasteiger charge is -2.19. The zero-order valence-electron chi connectivity index (χ0n) is 8.97. The fraction of sp³-hybridized carbons (Fsp3) is 0.500. The van der Waals surface area contributed by atoms with E-state index in [-0.39, 0.29) is 17.3 Å². The number of aromatic nitrogens is 2. The molecule has 0 bridgehead atoms. The summed E-state index contributed by atoms with van der Waals surface area (Å²) in [6.45, 7) is 2.09. The quantitative estimate of drug-likeness (QED) is 0.473. The molecule has 0 saturated heterocycles. The molecule has 0 amide bonds. The van der Waals surface area contributed by atoms with Crippen molar-refractivity contribution < 1.29 is 8.42 Å². The van der Waals surface area contributed by atoms with Crippen molar-refractivity contribution >= 4 is 15.9 Å². The lowest BCUT2D eigenvalue weighted by atomic mass is 10.4. The van der Waals surface area contributed by atoms with Gasteiger partial charge in [0.25, 0.3) is 0 Å². The Bertz CT molecular complexity index is 439. The zero-order valence-corrected chi connectivity index (χ0v) is 9.79. The van der Waals surface area contributed by atoms with E-state index in [9.17, 15) is 8.42 Å². The van der Waals surface area contributed by atoms with Crippen LogP contribution in [0.1, 0.15) is 13.3 Å². The van der Waals surface area contributed by atoms with Gasteiger partial charge in [-0.25, -0.2) is 8.42 Å². The third-order valence-electron chi connectivity index (χ3n) is 1.93. The van der Waals surface area contributed by atoms with E-state index in [1.165, 1.54) is 16.7 Å². The first-order valence-corrected chi connectivity index (χ1v) is 6.24. The SMILES string of the molecule is CCCN(CC(=N)N)S(=O)(=O)c1cn[nH]c1. The van der Waals surface area contributed by atoms with E-state index in [4.69, 9.17) is 11.1 Å². The maximum absolute atomic E-state index is 12.0. The number of nitrogens with two attached hydrogens (primary N) is 1. The van der Waals surface area contributed by atoms with Crippen LogP contribution in [0, 0.1) is 5.41 Å². The van der Waals surface area contributed by atoms with Gasteiger partial charge in [0.1, 0.15) is 10.7 Å². The minimum Gasteiger partial charge on any atom is -0.387 e. The predicted octanol–water partition coefficient (Wildman–Crippen LogP) is -0.254. The molecule has 0 fully saturated rings. The number of sulfonamides is 1. The van der Waals surface area contributed by atoms with Crippen molar-refractivity contribution in [3.63, 3.8) is 0 Å². The van der Waals surface area contributed by atoms with Gasteiger partial charge in [-0.1, -0.05) is 6.92 Å². The number of amidine groups is 1. The summed E-state index contributed by atoms with van der Waals surface area (Å²) >= 11 is 0. The third-order valence-corrected chi connectivity index (χ3v) is 3.74. The molecule has 0 aliphatic carbocycles. The minimum atomic E-state index is -3.60. The first-order valence-electron chi connectivity index (χ1n) is 4.80. The molecular weight excluding hydrogens is 230 g/mol. The fourth-order valence-electron chi connectivity index (χ4n) is 1.25. The summed E-state index contributed by atoms with van der Waals surface area (Å²) in [6, 6.07) is 0. The van der Waals surface area contributed by atoms with Crippen LogP contribution in [0.3, 0.4) is 0 Å². The molecule has 1 aromatic rings. The van der Waals surface area contributed by atoms with E-state index in [0.29, 0.717) is 13.0 Å². The van der Waals surface area contributed by atoms with E-state index in [1.807, 2.05) is 6.92 Å². The summed E-state index contributed by atoms with van der Waals surface area (Å²) in [5, 5.41) is 13.2. The maximum Gasteiger partial charge on any atom is 0.246 e. The Morgan fingerprint density at radius 3 is 2.81 bits per heavy atom. The number of hydrogen-bond acceptors (Lipinski definition) is 4. The summed E-state index contributed by atoms with van der Waals surface area (Å²) in [5.41, 5.74) is 5.23. The molecule has 0 atom stereocenters.